The van der Waals surface area contributed by atoms with Crippen LogP contribution in [0.1, 0.15) is 19.8 Å². The third-order valence-corrected chi connectivity index (χ3v) is 4.10. The molecule has 1 atom stereocenters. The minimum atomic E-state index is -0.259. The Balaban J connectivity index is 1.81. The molecule has 2 aromatic rings. The van der Waals surface area contributed by atoms with Gasteiger partial charge < -0.3 is 10.6 Å². The molecule has 5 nitrogen and oxygen atoms in total. The first-order chi connectivity index (χ1) is 9.23. The van der Waals surface area contributed by atoms with Crippen molar-refractivity contribution in [2.45, 2.75) is 19.8 Å². The Labute approximate surface area is 111 Å². The summed E-state index contributed by atoms with van der Waals surface area (Å²) in [5.41, 5.74) is 1.55. The van der Waals surface area contributed by atoms with E-state index in [9.17, 15) is 4.79 Å². The average molecular weight is 258 g/mol. The molecule has 0 aliphatic carbocycles. The van der Waals surface area contributed by atoms with E-state index < -0.39 is 0 Å². The predicted molar refractivity (Wildman–Crippen MR) is 74.9 cm³/mol. The van der Waals surface area contributed by atoms with Crippen LogP contribution in [-0.4, -0.2) is 29.2 Å². The molecule has 0 saturated carbocycles. The van der Waals surface area contributed by atoms with Crippen molar-refractivity contribution < 1.29 is 4.79 Å². The summed E-state index contributed by atoms with van der Waals surface area (Å²) >= 11 is 0. The molecule has 1 aliphatic rings. The van der Waals surface area contributed by atoms with Crippen molar-refractivity contribution in [2.24, 2.45) is 5.41 Å². The molecule has 5 heteroatoms. The zero-order chi connectivity index (χ0) is 13.3. The molecule has 2 heterocycles. The van der Waals surface area contributed by atoms with Gasteiger partial charge in [0.25, 0.3) is 0 Å². The summed E-state index contributed by atoms with van der Waals surface area (Å²) in [5.74, 6) is 0.114. The van der Waals surface area contributed by atoms with Gasteiger partial charge in [0, 0.05) is 17.6 Å². The zero-order valence-corrected chi connectivity index (χ0v) is 11.0. The molecule has 1 fully saturated rings. The fraction of sp³-hybridized carbons (Fsp3) is 0.429. The van der Waals surface area contributed by atoms with Gasteiger partial charge in [0.15, 0.2) is 0 Å². The van der Waals surface area contributed by atoms with Crippen LogP contribution in [0.2, 0.25) is 0 Å². The van der Waals surface area contributed by atoms with E-state index >= 15 is 0 Å². The molecule has 3 rings (SSSR count). The maximum absolute atomic E-state index is 12.5. The number of nitrogens with one attached hydrogen (secondary N) is 3. The molecule has 0 radical (unpaired) electrons. The van der Waals surface area contributed by atoms with E-state index in [2.05, 4.69) is 27.8 Å². The molecule has 0 bridgehead atoms. The number of aromatic amines is 1. The van der Waals surface area contributed by atoms with E-state index in [1.165, 1.54) is 0 Å². The Bertz CT molecular complexity index is 598. The fourth-order valence-electron chi connectivity index (χ4n) is 2.68. The molecule has 1 saturated heterocycles. The van der Waals surface area contributed by atoms with Gasteiger partial charge in [-0.05, 0) is 37.6 Å². The van der Waals surface area contributed by atoms with Gasteiger partial charge in [0.2, 0.25) is 5.91 Å². The molecule has 0 unspecified atom stereocenters. The van der Waals surface area contributed by atoms with E-state index in [-0.39, 0.29) is 11.3 Å². The Hall–Kier alpha value is -1.88. The van der Waals surface area contributed by atoms with Gasteiger partial charge in [0.1, 0.15) is 0 Å². The van der Waals surface area contributed by atoms with Crippen LogP contribution >= 0.6 is 0 Å². The number of hydrogen-bond acceptors (Lipinski definition) is 3. The molecular weight excluding hydrogens is 240 g/mol. The third kappa shape index (κ3) is 2.10. The number of anilines is 1. The normalized spacial score (nSPS) is 22.8. The number of rotatable bonds is 3. The lowest BCUT2D eigenvalue weighted by Crippen LogP contribution is -2.37. The number of hydrogen-bond donors (Lipinski definition) is 3. The molecule has 100 valence electrons. The Morgan fingerprint density at radius 1 is 1.53 bits per heavy atom. The summed E-state index contributed by atoms with van der Waals surface area (Å²) in [6.07, 6.45) is 3.53. The Morgan fingerprint density at radius 3 is 3.16 bits per heavy atom. The number of carbonyl (C=O) groups excluding carboxylic acids is 1. The molecule has 1 aromatic heterocycles. The van der Waals surface area contributed by atoms with Gasteiger partial charge in [0.05, 0.1) is 17.1 Å². The van der Waals surface area contributed by atoms with Gasteiger partial charge >= 0.3 is 0 Å². The van der Waals surface area contributed by atoms with Crippen LogP contribution < -0.4 is 10.6 Å². The summed E-state index contributed by atoms with van der Waals surface area (Å²) < 4.78 is 0. The largest absolute Gasteiger partial charge is 0.326 e. The highest BCUT2D eigenvalue weighted by atomic mass is 16.2. The standard InChI is InChI=1S/C14H18N4O/c1-2-14(5-6-15-9-14)13(19)17-11-3-4-12-10(7-11)8-16-18-12/h3-4,7-8,15H,2,5-6,9H2,1H3,(H,16,18)(H,17,19)/t14-/m1/s1. The lowest BCUT2D eigenvalue weighted by Gasteiger charge is -2.25. The summed E-state index contributed by atoms with van der Waals surface area (Å²) in [5, 5.41) is 14.2. The van der Waals surface area contributed by atoms with Crippen molar-refractivity contribution in [3.8, 4) is 0 Å². The molecular formula is C14H18N4O. The second kappa shape index (κ2) is 4.66. The Morgan fingerprint density at radius 2 is 2.42 bits per heavy atom. The second-order valence-electron chi connectivity index (χ2n) is 5.19. The monoisotopic (exact) mass is 258 g/mol. The maximum Gasteiger partial charge on any atom is 0.231 e. The van der Waals surface area contributed by atoms with E-state index in [0.29, 0.717) is 0 Å². The van der Waals surface area contributed by atoms with Crippen LogP contribution in [0, 0.1) is 5.41 Å². The van der Waals surface area contributed by atoms with E-state index in [0.717, 1.165) is 42.5 Å². The first-order valence-electron chi connectivity index (χ1n) is 6.69. The molecule has 3 N–H and O–H groups in total. The number of aromatic nitrogens is 2. The lowest BCUT2D eigenvalue weighted by molar-refractivity contribution is -0.124. The van der Waals surface area contributed by atoms with Crippen molar-refractivity contribution in [1.29, 1.82) is 0 Å². The van der Waals surface area contributed by atoms with Crippen molar-refractivity contribution >= 4 is 22.5 Å². The lowest BCUT2D eigenvalue weighted by atomic mass is 9.83. The Kier molecular flexibility index (Phi) is 2.98. The number of carbonyl (C=O) groups is 1. The predicted octanol–water partition coefficient (Wildman–Crippen LogP) is 1.89. The molecule has 1 aliphatic heterocycles. The minimum absolute atomic E-state index is 0.114. The summed E-state index contributed by atoms with van der Waals surface area (Å²) in [4.78, 5) is 12.5. The van der Waals surface area contributed by atoms with Crippen LogP contribution in [0.15, 0.2) is 24.4 Å². The minimum Gasteiger partial charge on any atom is -0.326 e. The smallest absolute Gasteiger partial charge is 0.231 e. The molecule has 0 spiro atoms. The summed E-state index contributed by atoms with van der Waals surface area (Å²) in [7, 11) is 0. The first kappa shape index (κ1) is 12.2. The van der Waals surface area contributed by atoms with Gasteiger partial charge in [-0.1, -0.05) is 6.92 Å². The van der Waals surface area contributed by atoms with Crippen LogP contribution in [-0.2, 0) is 4.79 Å². The van der Waals surface area contributed by atoms with E-state index in [4.69, 9.17) is 0 Å². The maximum atomic E-state index is 12.5. The van der Waals surface area contributed by atoms with E-state index in [1.807, 2.05) is 18.2 Å². The number of amides is 1. The van der Waals surface area contributed by atoms with Crippen molar-refractivity contribution in [3.63, 3.8) is 0 Å². The van der Waals surface area contributed by atoms with Crippen LogP contribution in [0.4, 0.5) is 5.69 Å². The van der Waals surface area contributed by atoms with Crippen molar-refractivity contribution in [1.82, 2.24) is 15.5 Å². The molecule has 1 amide bonds. The third-order valence-electron chi connectivity index (χ3n) is 4.10. The van der Waals surface area contributed by atoms with Crippen LogP contribution in [0.25, 0.3) is 10.9 Å². The van der Waals surface area contributed by atoms with Gasteiger partial charge in [-0.25, -0.2) is 0 Å². The van der Waals surface area contributed by atoms with Crippen LogP contribution in [0.5, 0.6) is 0 Å². The number of nitrogens with zero attached hydrogens (tertiary/aromatic N) is 1. The van der Waals surface area contributed by atoms with Gasteiger partial charge in [-0.15, -0.1) is 0 Å². The zero-order valence-electron chi connectivity index (χ0n) is 11.0. The van der Waals surface area contributed by atoms with Gasteiger partial charge in [-0.2, -0.15) is 5.10 Å². The SMILES string of the molecule is CC[C@@]1(C(=O)Nc2ccc3[nH]ncc3c2)CCNC1. The van der Waals surface area contributed by atoms with Gasteiger partial charge in [-0.3, -0.25) is 9.89 Å². The topological polar surface area (TPSA) is 69.8 Å². The number of H-pyrrole nitrogens is 1. The highest BCUT2D eigenvalue weighted by molar-refractivity contribution is 5.97. The van der Waals surface area contributed by atoms with Crippen LogP contribution in [0.3, 0.4) is 0 Å². The molecule has 1 aromatic carbocycles. The van der Waals surface area contributed by atoms with E-state index in [1.54, 1.807) is 6.20 Å². The highest BCUT2D eigenvalue weighted by Crippen LogP contribution is 2.31. The number of benzene rings is 1. The second-order valence-corrected chi connectivity index (χ2v) is 5.19. The van der Waals surface area contributed by atoms with Crippen molar-refractivity contribution in [2.75, 3.05) is 18.4 Å². The summed E-state index contributed by atoms with van der Waals surface area (Å²) in [6, 6.07) is 5.79. The number of fused-ring (bicyclic) bond motifs is 1. The summed E-state index contributed by atoms with van der Waals surface area (Å²) in [6.45, 7) is 3.76. The fourth-order valence-corrected chi connectivity index (χ4v) is 2.68. The highest BCUT2D eigenvalue weighted by Gasteiger charge is 2.39. The first-order valence-corrected chi connectivity index (χ1v) is 6.69. The average Bonchev–Trinajstić information content (AvgIpc) is 3.07. The van der Waals surface area contributed by atoms with Crippen molar-refractivity contribution in [3.05, 3.63) is 24.4 Å². The quantitative estimate of drug-likeness (QED) is 0.787. The molecule has 19 heavy (non-hydrogen) atoms.